The molecule has 2 rings (SSSR count). The monoisotopic (exact) mass is 281 g/mol. The molecule has 1 aromatic rings. The second-order valence-corrected chi connectivity index (χ2v) is 4.56. The van der Waals surface area contributed by atoms with Crippen LogP contribution in [0.5, 0.6) is 0 Å². The van der Waals surface area contributed by atoms with E-state index in [4.69, 9.17) is 16.0 Å². The Morgan fingerprint density at radius 2 is 2.40 bits per heavy atom. The standard InChI is InChI=1S/C11H15N5O4/c12-11(14-18)10-8(16(19)20)1-2-9(13-10)15-4-3-7(5-15)6-17/h1-2,7,17-18H,3-6H2,(H2,12,14). The van der Waals surface area contributed by atoms with E-state index in [0.717, 1.165) is 6.42 Å². The lowest BCUT2D eigenvalue weighted by atomic mass is 10.1. The number of nitro groups is 1. The van der Waals surface area contributed by atoms with Gasteiger partial charge in [0.25, 0.3) is 5.69 Å². The van der Waals surface area contributed by atoms with E-state index in [0.29, 0.717) is 18.9 Å². The SMILES string of the molecule is N/C(=N/O)c1nc(N2CCC(CO)C2)ccc1[N+](=O)[O-]. The predicted molar refractivity (Wildman–Crippen MR) is 70.8 cm³/mol. The summed E-state index contributed by atoms with van der Waals surface area (Å²) in [4.78, 5) is 16.3. The van der Waals surface area contributed by atoms with Crippen LogP contribution in [-0.4, -0.2) is 45.8 Å². The van der Waals surface area contributed by atoms with Crippen molar-refractivity contribution in [2.75, 3.05) is 24.6 Å². The molecule has 0 amide bonds. The largest absolute Gasteiger partial charge is 0.409 e. The van der Waals surface area contributed by atoms with Crippen molar-refractivity contribution in [1.82, 2.24) is 4.98 Å². The highest BCUT2D eigenvalue weighted by Gasteiger charge is 2.26. The molecule has 1 atom stereocenters. The molecule has 20 heavy (non-hydrogen) atoms. The Kier molecular flexibility index (Phi) is 3.99. The van der Waals surface area contributed by atoms with Gasteiger partial charge in [-0.1, -0.05) is 5.16 Å². The Labute approximate surface area is 114 Å². The molecule has 108 valence electrons. The Hall–Kier alpha value is -2.42. The molecular weight excluding hydrogens is 266 g/mol. The van der Waals surface area contributed by atoms with Crippen LogP contribution in [-0.2, 0) is 0 Å². The Morgan fingerprint density at radius 1 is 1.65 bits per heavy atom. The van der Waals surface area contributed by atoms with Crippen molar-refractivity contribution in [3.63, 3.8) is 0 Å². The van der Waals surface area contributed by atoms with Crippen LogP contribution < -0.4 is 10.6 Å². The lowest BCUT2D eigenvalue weighted by Gasteiger charge is -2.17. The molecule has 0 bridgehead atoms. The van der Waals surface area contributed by atoms with E-state index in [1.54, 1.807) is 0 Å². The number of nitrogens with two attached hydrogens (primary N) is 1. The molecule has 1 unspecified atom stereocenters. The Bertz CT molecular complexity index is 548. The van der Waals surface area contributed by atoms with E-state index < -0.39 is 10.8 Å². The van der Waals surface area contributed by atoms with Gasteiger partial charge in [-0.05, 0) is 12.5 Å². The first-order valence-corrected chi connectivity index (χ1v) is 6.06. The normalized spacial score (nSPS) is 19.4. The third-order valence-corrected chi connectivity index (χ3v) is 3.27. The van der Waals surface area contributed by atoms with Gasteiger partial charge >= 0.3 is 0 Å². The Morgan fingerprint density at radius 3 is 2.95 bits per heavy atom. The minimum absolute atomic E-state index is 0.0938. The lowest BCUT2D eigenvalue weighted by molar-refractivity contribution is -0.385. The van der Waals surface area contributed by atoms with Gasteiger partial charge in [0.2, 0.25) is 0 Å². The average molecular weight is 281 g/mol. The van der Waals surface area contributed by atoms with Gasteiger partial charge in [-0.3, -0.25) is 10.1 Å². The fourth-order valence-corrected chi connectivity index (χ4v) is 2.19. The molecule has 1 aliphatic rings. The summed E-state index contributed by atoms with van der Waals surface area (Å²) in [7, 11) is 0. The minimum Gasteiger partial charge on any atom is -0.409 e. The number of oxime groups is 1. The molecule has 1 aliphatic heterocycles. The van der Waals surface area contributed by atoms with Crippen molar-refractivity contribution < 1.29 is 15.2 Å². The zero-order valence-corrected chi connectivity index (χ0v) is 10.6. The van der Waals surface area contributed by atoms with Crippen LogP contribution in [0.1, 0.15) is 12.1 Å². The highest BCUT2D eigenvalue weighted by molar-refractivity contribution is 5.99. The second-order valence-electron chi connectivity index (χ2n) is 4.56. The van der Waals surface area contributed by atoms with Gasteiger partial charge in [-0.15, -0.1) is 0 Å². The van der Waals surface area contributed by atoms with E-state index in [9.17, 15) is 10.1 Å². The van der Waals surface area contributed by atoms with Crippen molar-refractivity contribution in [2.24, 2.45) is 16.8 Å². The van der Waals surface area contributed by atoms with Gasteiger partial charge in [-0.2, -0.15) is 0 Å². The smallest absolute Gasteiger partial charge is 0.298 e. The predicted octanol–water partition coefficient (Wildman–Crippen LogP) is -0.0971. The summed E-state index contributed by atoms with van der Waals surface area (Å²) in [6.45, 7) is 1.42. The molecule has 0 aromatic carbocycles. The summed E-state index contributed by atoms with van der Waals surface area (Å²) in [5.41, 5.74) is 4.95. The number of anilines is 1. The number of nitrogens with zero attached hydrogens (tertiary/aromatic N) is 4. The summed E-state index contributed by atoms with van der Waals surface area (Å²) in [5, 5.41) is 31.5. The van der Waals surface area contributed by atoms with Crippen LogP contribution in [0.15, 0.2) is 17.3 Å². The number of hydrogen-bond acceptors (Lipinski definition) is 7. The topological polar surface area (TPSA) is 138 Å². The highest BCUT2D eigenvalue weighted by atomic mass is 16.6. The summed E-state index contributed by atoms with van der Waals surface area (Å²) >= 11 is 0. The van der Waals surface area contributed by atoms with Gasteiger partial charge in [0, 0.05) is 31.7 Å². The van der Waals surface area contributed by atoms with Crippen molar-refractivity contribution in [3.05, 3.63) is 27.9 Å². The fraction of sp³-hybridized carbons (Fsp3) is 0.455. The molecule has 2 heterocycles. The molecule has 1 aromatic heterocycles. The molecular formula is C11H15N5O4. The van der Waals surface area contributed by atoms with Gasteiger partial charge in [0.05, 0.1) is 4.92 Å². The quantitative estimate of drug-likeness (QED) is 0.230. The summed E-state index contributed by atoms with van der Waals surface area (Å²) in [6.07, 6.45) is 0.827. The molecule has 0 saturated carbocycles. The van der Waals surface area contributed by atoms with Crippen LogP contribution in [0.3, 0.4) is 0 Å². The zero-order chi connectivity index (χ0) is 14.7. The first-order valence-electron chi connectivity index (χ1n) is 6.06. The van der Waals surface area contributed by atoms with Crippen molar-refractivity contribution in [1.29, 1.82) is 0 Å². The van der Waals surface area contributed by atoms with Gasteiger partial charge in [-0.25, -0.2) is 4.98 Å². The van der Waals surface area contributed by atoms with E-state index in [2.05, 4.69) is 10.1 Å². The van der Waals surface area contributed by atoms with Crippen LogP contribution in [0, 0.1) is 16.0 Å². The summed E-state index contributed by atoms with van der Waals surface area (Å²) in [5.74, 6) is 0.268. The van der Waals surface area contributed by atoms with Crippen molar-refractivity contribution in [3.8, 4) is 0 Å². The first-order chi connectivity index (χ1) is 9.56. The van der Waals surface area contributed by atoms with Crippen molar-refractivity contribution in [2.45, 2.75) is 6.42 Å². The molecule has 9 nitrogen and oxygen atoms in total. The second kappa shape index (κ2) is 5.70. The summed E-state index contributed by atoms with van der Waals surface area (Å²) < 4.78 is 0. The minimum atomic E-state index is -0.634. The fourth-order valence-electron chi connectivity index (χ4n) is 2.19. The van der Waals surface area contributed by atoms with Crippen LogP contribution in [0.4, 0.5) is 11.5 Å². The number of aliphatic hydroxyl groups is 1. The molecule has 4 N–H and O–H groups in total. The van der Waals surface area contributed by atoms with E-state index in [1.165, 1.54) is 12.1 Å². The molecule has 1 fully saturated rings. The third kappa shape index (κ3) is 2.62. The number of aromatic nitrogens is 1. The third-order valence-electron chi connectivity index (χ3n) is 3.27. The van der Waals surface area contributed by atoms with Crippen LogP contribution >= 0.6 is 0 Å². The van der Waals surface area contributed by atoms with E-state index >= 15 is 0 Å². The van der Waals surface area contributed by atoms with Crippen molar-refractivity contribution >= 4 is 17.3 Å². The molecule has 9 heteroatoms. The number of pyridine rings is 1. The van der Waals surface area contributed by atoms with Gasteiger partial charge in [0.15, 0.2) is 11.5 Å². The lowest BCUT2D eigenvalue weighted by Crippen LogP contribution is -2.24. The zero-order valence-electron chi connectivity index (χ0n) is 10.6. The Balaban J connectivity index is 2.35. The van der Waals surface area contributed by atoms with Gasteiger partial charge in [0.1, 0.15) is 5.82 Å². The molecule has 0 radical (unpaired) electrons. The van der Waals surface area contributed by atoms with Crippen LogP contribution in [0.25, 0.3) is 0 Å². The molecule has 0 spiro atoms. The maximum absolute atomic E-state index is 10.9. The average Bonchev–Trinajstić information content (AvgIpc) is 2.94. The highest BCUT2D eigenvalue weighted by Crippen LogP contribution is 2.25. The number of amidine groups is 1. The molecule has 1 saturated heterocycles. The maximum Gasteiger partial charge on any atom is 0.298 e. The van der Waals surface area contributed by atoms with Crippen LogP contribution in [0.2, 0.25) is 0 Å². The summed E-state index contributed by atoms with van der Waals surface area (Å²) in [6, 6.07) is 2.80. The number of hydrogen-bond donors (Lipinski definition) is 3. The van der Waals surface area contributed by atoms with Gasteiger partial charge < -0.3 is 20.9 Å². The number of aliphatic hydroxyl groups excluding tert-OH is 1. The maximum atomic E-state index is 10.9. The molecule has 0 aliphatic carbocycles. The van der Waals surface area contributed by atoms with E-state index in [1.807, 2.05) is 4.90 Å². The van der Waals surface area contributed by atoms with E-state index in [-0.39, 0.29) is 23.9 Å². The first kappa shape index (κ1) is 14.0. The number of rotatable bonds is 4.